The minimum Gasteiger partial charge on any atom is -0.247 e. The molecule has 3 aromatic carbocycles. The van der Waals surface area contributed by atoms with Gasteiger partial charge in [-0.2, -0.15) is 0 Å². The van der Waals surface area contributed by atoms with Crippen LogP contribution in [0.1, 0.15) is 0 Å². The van der Waals surface area contributed by atoms with E-state index in [0.29, 0.717) is 0 Å². The number of aromatic nitrogens is 1. The van der Waals surface area contributed by atoms with E-state index in [0.717, 1.165) is 16.8 Å². The molecular weight excluding hydrogens is 458 g/mol. The molecule has 0 N–H and O–H groups in total. The van der Waals surface area contributed by atoms with Crippen LogP contribution in [0.2, 0.25) is 0 Å². The van der Waals surface area contributed by atoms with Crippen molar-refractivity contribution in [2.45, 2.75) is 0 Å². The Morgan fingerprint density at radius 1 is 0.565 bits per heavy atom. The summed E-state index contributed by atoms with van der Waals surface area (Å²) < 4.78 is 0. The van der Waals surface area contributed by atoms with Crippen molar-refractivity contribution in [3.05, 3.63) is 91.0 Å². The molecule has 0 spiro atoms. The van der Waals surface area contributed by atoms with E-state index in [1.807, 2.05) is 18.2 Å². The Kier molecular flexibility index (Phi) is 4.66. The van der Waals surface area contributed by atoms with Gasteiger partial charge in [0.05, 0.1) is 11.2 Å². The second kappa shape index (κ2) is 6.87. The summed E-state index contributed by atoms with van der Waals surface area (Å²) in [5, 5.41) is 1.17. The molecule has 1 radical (unpaired) electrons. The normalized spacial score (nSPS) is 10.3. The van der Waals surface area contributed by atoms with Crippen molar-refractivity contribution in [2.24, 2.45) is 0 Å². The van der Waals surface area contributed by atoms with E-state index in [4.69, 9.17) is 4.98 Å². The molecule has 1 nitrogen and oxygen atoms in total. The molecule has 4 rings (SSSR count). The fourth-order valence-corrected chi connectivity index (χ4v) is 2.77. The van der Waals surface area contributed by atoms with Crippen molar-refractivity contribution in [1.82, 2.24) is 4.98 Å². The maximum Gasteiger partial charge on any atom is 0.0788 e. The molecular formula is C21H15IrN. The summed E-state index contributed by atoms with van der Waals surface area (Å²) in [5.74, 6) is 0. The average molecular weight is 474 g/mol. The number of benzene rings is 3. The molecule has 0 aliphatic carbocycles. The second-order valence-electron chi connectivity index (χ2n) is 5.31. The molecule has 2 heteroatoms. The van der Waals surface area contributed by atoms with Gasteiger partial charge in [0.1, 0.15) is 0 Å². The molecule has 0 saturated heterocycles. The van der Waals surface area contributed by atoms with Gasteiger partial charge in [-0.25, -0.2) is 4.98 Å². The van der Waals surface area contributed by atoms with Crippen molar-refractivity contribution < 1.29 is 20.1 Å². The van der Waals surface area contributed by atoms with Crippen LogP contribution in [0.3, 0.4) is 0 Å². The Labute approximate surface area is 149 Å². The monoisotopic (exact) mass is 474 g/mol. The van der Waals surface area contributed by atoms with Gasteiger partial charge in [0.25, 0.3) is 0 Å². The second-order valence-corrected chi connectivity index (χ2v) is 5.31. The Hall–Kier alpha value is -2.28. The molecule has 0 saturated carbocycles. The quantitative estimate of drug-likeness (QED) is 0.371. The molecule has 23 heavy (non-hydrogen) atoms. The van der Waals surface area contributed by atoms with E-state index in [1.54, 1.807) is 0 Å². The van der Waals surface area contributed by atoms with Gasteiger partial charge < -0.3 is 0 Å². The first-order valence-corrected chi connectivity index (χ1v) is 7.42. The summed E-state index contributed by atoms with van der Waals surface area (Å²) in [5.41, 5.74) is 5.57. The molecule has 0 atom stereocenters. The van der Waals surface area contributed by atoms with Gasteiger partial charge in [0.15, 0.2) is 0 Å². The smallest absolute Gasteiger partial charge is 0.0788 e. The predicted octanol–water partition coefficient (Wildman–Crippen LogP) is 5.57. The number of fused-ring (bicyclic) bond motifs is 1. The summed E-state index contributed by atoms with van der Waals surface area (Å²) in [7, 11) is 0. The van der Waals surface area contributed by atoms with E-state index in [-0.39, 0.29) is 20.1 Å². The predicted molar refractivity (Wildman–Crippen MR) is 92.6 cm³/mol. The van der Waals surface area contributed by atoms with Gasteiger partial charge in [0.2, 0.25) is 0 Å². The number of pyridine rings is 1. The van der Waals surface area contributed by atoms with Gasteiger partial charge in [-0.05, 0) is 17.7 Å². The molecule has 4 aromatic rings. The summed E-state index contributed by atoms with van der Waals surface area (Å²) in [6.45, 7) is 0. The van der Waals surface area contributed by atoms with Gasteiger partial charge in [0, 0.05) is 36.6 Å². The Balaban J connectivity index is 0.00000156. The number of hydrogen-bond donors (Lipinski definition) is 0. The first-order valence-electron chi connectivity index (χ1n) is 7.42. The molecule has 0 fully saturated rings. The Morgan fingerprint density at radius 2 is 1.13 bits per heavy atom. The molecule has 1 heterocycles. The standard InChI is InChI=1S/C21H15N.Ir/c1-3-9-16(10-4-1)19-15-18-13-7-8-14-20(18)22-21(19)17-11-5-2-6-12-17;/h1-15H;. The third-order valence-electron chi connectivity index (χ3n) is 3.86. The zero-order valence-electron chi connectivity index (χ0n) is 12.4. The maximum absolute atomic E-state index is 4.92. The van der Waals surface area contributed by atoms with Crippen LogP contribution >= 0.6 is 0 Å². The number of hydrogen-bond acceptors (Lipinski definition) is 1. The molecule has 0 aliphatic heterocycles. The van der Waals surface area contributed by atoms with Crippen molar-refractivity contribution >= 4 is 10.9 Å². The topological polar surface area (TPSA) is 12.9 Å². The fraction of sp³-hybridized carbons (Fsp3) is 0. The van der Waals surface area contributed by atoms with Gasteiger partial charge in [-0.3, -0.25) is 0 Å². The van der Waals surface area contributed by atoms with Crippen LogP contribution in [0.4, 0.5) is 0 Å². The maximum atomic E-state index is 4.92. The SMILES string of the molecule is [Ir].c1ccc(-c2cc3ccccc3nc2-c2ccccc2)cc1. The molecule has 0 unspecified atom stereocenters. The molecule has 1 aromatic heterocycles. The third-order valence-corrected chi connectivity index (χ3v) is 3.86. The van der Waals surface area contributed by atoms with Gasteiger partial charge in [-0.15, -0.1) is 0 Å². The van der Waals surface area contributed by atoms with Crippen LogP contribution in [0.25, 0.3) is 33.3 Å². The Bertz CT molecular complexity index is 840. The fourth-order valence-electron chi connectivity index (χ4n) is 2.77. The number of rotatable bonds is 2. The molecule has 0 aliphatic rings. The van der Waals surface area contributed by atoms with Crippen LogP contribution in [-0.4, -0.2) is 4.98 Å². The minimum atomic E-state index is 0. The summed E-state index contributed by atoms with van der Waals surface area (Å²) in [4.78, 5) is 4.92. The third kappa shape index (κ3) is 3.10. The minimum absolute atomic E-state index is 0. The van der Waals surface area contributed by atoms with E-state index in [1.165, 1.54) is 16.5 Å². The van der Waals surface area contributed by atoms with Crippen molar-refractivity contribution in [3.8, 4) is 22.4 Å². The largest absolute Gasteiger partial charge is 0.247 e. The van der Waals surface area contributed by atoms with Gasteiger partial charge >= 0.3 is 0 Å². The summed E-state index contributed by atoms with van der Waals surface area (Å²) in [6, 6.07) is 31.3. The van der Waals surface area contributed by atoms with E-state index in [9.17, 15) is 0 Å². The van der Waals surface area contributed by atoms with Crippen LogP contribution in [0, 0.1) is 0 Å². The molecule has 0 amide bonds. The van der Waals surface area contributed by atoms with Gasteiger partial charge in [-0.1, -0.05) is 78.9 Å². The van der Waals surface area contributed by atoms with Crippen LogP contribution in [0.5, 0.6) is 0 Å². The molecule has 0 bridgehead atoms. The van der Waals surface area contributed by atoms with E-state index in [2.05, 4.69) is 72.8 Å². The van der Waals surface area contributed by atoms with E-state index >= 15 is 0 Å². The zero-order chi connectivity index (χ0) is 14.8. The van der Waals surface area contributed by atoms with Crippen molar-refractivity contribution in [3.63, 3.8) is 0 Å². The van der Waals surface area contributed by atoms with Crippen LogP contribution in [0.15, 0.2) is 91.0 Å². The van der Waals surface area contributed by atoms with E-state index < -0.39 is 0 Å². The zero-order valence-corrected chi connectivity index (χ0v) is 14.8. The number of nitrogens with zero attached hydrogens (tertiary/aromatic N) is 1. The van der Waals surface area contributed by atoms with Crippen LogP contribution in [-0.2, 0) is 20.1 Å². The van der Waals surface area contributed by atoms with Crippen molar-refractivity contribution in [2.75, 3.05) is 0 Å². The summed E-state index contributed by atoms with van der Waals surface area (Å²) >= 11 is 0. The van der Waals surface area contributed by atoms with Crippen molar-refractivity contribution in [1.29, 1.82) is 0 Å². The first kappa shape index (κ1) is 15.6. The molecule has 113 valence electrons. The Morgan fingerprint density at radius 3 is 1.83 bits per heavy atom. The average Bonchev–Trinajstić information content (AvgIpc) is 2.62. The first-order chi connectivity index (χ1) is 10.9. The van der Waals surface area contributed by atoms with Crippen LogP contribution < -0.4 is 0 Å². The number of para-hydroxylation sites is 1. The summed E-state index contributed by atoms with van der Waals surface area (Å²) in [6.07, 6.45) is 0.